The number of amides is 1. The Morgan fingerprint density at radius 2 is 1.89 bits per heavy atom. The highest BCUT2D eigenvalue weighted by Gasteiger charge is 2.17. The average molecular weight is 375 g/mol. The molecular formula is C22H25N5O. The van der Waals surface area contributed by atoms with Crippen LogP contribution in [-0.2, 0) is 4.79 Å². The van der Waals surface area contributed by atoms with Crippen molar-refractivity contribution in [3.05, 3.63) is 73.2 Å². The van der Waals surface area contributed by atoms with Gasteiger partial charge in [0.2, 0.25) is 6.41 Å². The number of para-hydroxylation sites is 1. The molecule has 1 fully saturated rings. The maximum absolute atomic E-state index is 10.7. The lowest BCUT2D eigenvalue weighted by atomic mass is 10.1. The van der Waals surface area contributed by atoms with Gasteiger partial charge in [0.1, 0.15) is 0 Å². The monoisotopic (exact) mass is 375 g/mol. The van der Waals surface area contributed by atoms with E-state index < -0.39 is 0 Å². The summed E-state index contributed by atoms with van der Waals surface area (Å²) in [4.78, 5) is 23.1. The van der Waals surface area contributed by atoms with E-state index in [0.29, 0.717) is 0 Å². The van der Waals surface area contributed by atoms with Crippen LogP contribution >= 0.6 is 0 Å². The van der Waals surface area contributed by atoms with Gasteiger partial charge >= 0.3 is 0 Å². The van der Waals surface area contributed by atoms with Crippen LogP contribution in [0.25, 0.3) is 16.6 Å². The molecule has 0 radical (unpaired) electrons. The summed E-state index contributed by atoms with van der Waals surface area (Å²) < 4.78 is 0. The molecule has 2 aromatic heterocycles. The summed E-state index contributed by atoms with van der Waals surface area (Å²) in [5.74, 6) is 0. The van der Waals surface area contributed by atoms with Crippen molar-refractivity contribution in [1.29, 1.82) is 0 Å². The molecule has 6 heteroatoms. The third-order valence-corrected chi connectivity index (χ3v) is 4.72. The second kappa shape index (κ2) is 9.50. The van der Waals surface area contributed by atoms with Crippen LogP contribution in [-0.4, -0.2) is 59.4 Å². The zero-order valence-corrected chi connectivity index (χ0v) is 16.1. The number of aromatic nitrogens is 2. The second-order valence-electron chi connectivity index (χ2n) is 6.48. The molecule has 1 amide bonds. The van der Waals surface area contributed by atoms with E-state index in [9.17, 15) is 4.79 Å². The number of piperazine rings is 1. The number of rotatable bonds is 4. The highest BCUT2D eigenvalue weighted by Crippen LogP contribution is 2.21. The minimum Gasteiger partial charge on any atom is -0.387 e. The van der Waals surface area contributed by atoms with Gasteiger partial charge in [0.15, 0.2) is 0 Å². The van der Waals surface area contributed by atoms with E-state index in [2.05, 4.69) is 38.9 Å². The zero-order valence-electron chi connectivity index (χ0n) is 16.1. The Bertz CT molecular complexity index is 920. The van der Waals surface area contributed by atoms with E-state index in [1.165, 1.54) is 0 Å². The molecule has 0 saturated carbocycles. The second-order valence-corrected chi connectivity index (χ2v) is 6.48. The summed E-state index contributed by atoms with van der Waals surface area (Å²) in [6.07, 6.45) is 6.31. The summed E-state index contributed by atoms with van der Waals surface area (Å²) in [6, 6.07) is 14.0. The Kier molecular flexibility index (Phi) is 6.57. The standard InChI is InChI=1S/C16H17N3O.C6H8N2/c1-13(19-8-6-18(12-20)7-9-19)15-10-14-4-2-3-5-16(14)17-11-15;1-7-6-3-2-4-8-5-6/h2-5,10-12H,1,6-9H2;2-5,7H,1H3. The first-order valence-corrected chi connectivity index (χ1v) is 9.27. The molecule has 28 heavy (non-hydrogen) atoms. The molecule has 0 spiro atoms. The van der Waals surface area contributed by atoms with E-state index in [1.807, 2.05) is 43.6 Å². The number of fused-ring (bicyclic) bond motifs is 1. The number of pyridine rings is 2. The fraction of sp³-hybridized carbons (Fsp3) is 0.227. The van der Waals surface area contributed by atoms with Crippen LogP contribution in [0.4, 0.5) is 5.69 Å². The maximum Gasteiger partial charge on any atom is 0.209 e. The smallest absolute Gasteiger partial charge is 0.209 e. The number of hydrogen-bond acceptors (Lipinski definition) is 5. The van der Waals surface area contributed by atoms with Crippen LogP contribution in [0.1, 0.15) is 5.56 Å². The lowest BCUT2D eigenvalue weighted by molar-refractivity contribution is -0.119. The number of anilines is 1. The summed E-state index contributed by atoms with van der Waals surface area (Å²) in [5, 5.41) is 4.09. The molecule has 0 unspecified atom stereocenters. The number of hydrogen-bond donors (Lipinski definition) is 1. The molecule has 1 aromatic carbocycles. The number of carbonyl (C=O) groups excluding carboxylic acids is 1. The Morgan fingerprint density at radius 1 is 1.11 bits per heavy atom. The number of carbonyl (C=O) groups is 1. The topological polar surface area (TPSA) is 61.4 Å². The molecule has 3 heterocycles. The van der Waals surface area contributed by atoms with Crippen molar-refractivity contribution in [3.8, 4) is 0 Å². The largest absolute Gasteiger partial charge is 0.387 e. The third kappa shape index (κ3) is 4.85. The van der Waals surface area contributed by atoms with Gasteiger partial charge in [-0.25, -0.2) is 0 Å². The van der Waals surface area contributed by atoms with Gasteiger partial charge in [-0.3, -0.25) is 14.8 Å². The Hall–Kier alpha value is -3.41. The maximum atomic E-state index is 10.7. The average Bonchev–Trinajstić information content (AvgIpc) is 2.79. The van der Waals surface area contributed by atoms with Crippen LogP contribution in [0.2, 0.25) is 0 Å². The van der Waals surface area contributed by atoms with Crippen LogP contribution in [0.5, 0.6) is 0 Å². The molecule has 4 rings (SSSR count). The van der Waals surface area contributed by atoms with Gasteiger partial charge in [-0.05, 0) is 24.3 Å². The van der Waals surface area contributed by atoms with Crippen molar-refractivity contribution in [2.24, 2.45) is 0 Å². The number of nitrogens with one attached hydrogen (secondary N) is 1. The van der Waals surface area contributed by atoms with E-state index in [0.717, 1.165) is 60.4 Å². The fourth-order valence-corrected chi connectivity index (χ4v) is 3.02. The van der Waals surface area contributed by atoms with Gasteiger partial charge in [-0.1, -0.05) is 24.8 Å². The summed E-state index contributed by atoms with van der Waals surface area (Å²) in [6.45, 7) is 7.34. The first-order chi connectivity index (χ1) is 13.7. The summed E-state index contributed by atoms with van der Waals surface area (Å²) >= 11 is 0. The van der Waals surface area contributed by atoms with Gasteiger partial charge in [0, 0.05) is 68.5 Å². The van der Waals surface area contributed by atoms with Gasteiger partial charge in [-0.2, -0.15) is 0 Å². The predicted molar refractivity (Wildman–Crippen MR) is 114 cm³/mol. The van der Waals surface area contributed by atoms with Gasteiger partial charge in [0.25, 0.3) is 0 Å². The van der Waals surface area contributed by atoms with Gasteiger partial charge in [0.05, 0.1) is 11.2 Å². The van der Waals surface area contributed by atoms with E-state index in [1.54, 1.807) is 17.3 Å². The first kappa shape index (κ1) is 19.4. The highest BCUT2D eigenvalue weighted by atomic mass is 16.1. The molecule has 1 aliphatic rings. The Morgan fingerprint density at radius 3 is 2.54 bits per heavy atom. The molecule has 1 aliphatic heterocycles. The molecule has 0 bridgehead atoms. The summed E-state index contributed by atoms with van der Waals surface area (Å²) in [5.41, 5.74) is 4.07. The van der Waals surface area contributed by atoms with Crippen LogP contribution in [0, 0.1) is 0 Å². The van der Waals surface area contributed by atoms with Crippen LogP contribution in [0.15, 0.2) is 67.6 Å². The van der Waals surface area contributed by atoms with Crippen molar-refractivity contribution in [2.45, 2.75) is 0 Å². The molecule has 1 N–H and O–H groups in total. The molecular weight excluding hydrogens is 350 g/mol. The van der Waals surface area contributed by atoms with Crippen molar-refractivity contribution in [3.63, 3.8) is 0 Å². The van der Waals surface area contributed by atoms with Crippen molar-refractivity contribution in [1.82, 2.24) is 19.8 Å². The van der Waals surface area contributed by atoms with Crippen molar-refractivity contribution in [2.75, 3.05) is 38.5 Å². The quantitative estimate of drug-likeness (QED) is 0.710. The van der Waals surface area contributed by atoms with E-state index in [-0.39, 0.29) is 0 Å². The predicted octanol–water partition coefficient (Wildman–Crippen LogP) is 3.10. The van der Waals surface area contributed by atoms with Crippen LogP contribution < -0.4 is 5.32 Å². The molecule has 3 aromatic rings. The minimum absolute atomic E-state index is 0.754. The number of benzene rings is 1. The van der Waals surface area contributed by atoms with Crippen LogP contribution in [0.3, 0.4) is 0 Å². The molecule has 0 atom stereocenters. The summed E-state index contributed by atoms with van der Waals surface area (Å²) in [7, 11) is 1.87. The lowest BCUT2D eigenvalue weighted by Crippen LogP contribution is -2.44. The van der Waals surface area contributed by atoms with Crippen molar-refractivity contribution >= 4 is 28.7 Å². The first-order valence-electron chi connectivity index (χ1n) is 9.27. The van der Waals surface area contributed by atoms with Gasteiger partial charge in [-0.15, -0.1) is 0 Å². The lowest BCUT2D eigenvalue weighted by Gasteiger charge is -2.35. The van der Waals surface area contributed by atoms with Gasteiger partial charge < -0.3 is 15.1 Å². The van der Waals surface area contributed by atoms with Crippen molar-refractivity contribution < 1.29 is 4.79 Å². The SMILES string of the molecule is C=C(c1cnc2ccccc2c1)N1CCN(C=O)CC1.CNc1cccnc1. The highest BCUT2D eigenvalue weighted by molar-refractivity contribution is 5.81. The molecule has 144 valence electrons. The Labute approximate surface area is 165 Å². The molecule has 0 aliphatic carbocycles. The molecule has 1 saturated heterocycles. The molecule has 6 nitrogen and oxygen atoms in total. The minimum atomic E-state index is 0.754. The third-order valence-electron chi connectivity index (χ3n) is 4.72. The normalized spacial score (nSPS) is 13.5. The fourth-order valence-electron chi connectivity index (χ4n) is 3.02. The zero-order chi connectivity index (χ0) is 19.8. The van der Waals surface area contributed by atoms with E-state index in [4.69, 9.17) is 0 Å². The Balaban J connectivity index is 0.000000236. The van der Waals surface area contributed by atoms with E-state index >= 15 is 0 Å². The number of nitrogens with zero attached hydrogens (tertiary/aromatic N) is 4.